The Morgan fingerprint density at radius 3 is 2.58 bits per heavy atom. The van der Waals surface area contributed by atoms with Crippen molar-refractivity contribution < 1.29 is 24.2 Å². The van der Waals surface area contributed by atoms with Gasteiger partial charge in [0.2, 0.25) is 17.7 Å². The summed E-state index contributed by atoms with van der Waals surface area (Å²) in [4.78, 5) is 43.2. The first-order valence-corrected chi connectivity index (χ1v) is 11.3. The first-order valence-electron chi connectivity index (χ1n) is 11.3. The third kappa shape index (κ3) is 4.78. The maximum Gasteiger partial charge on any atom is 0.243 e. The minimum absolute atomic E-state index is 0.0560. The van der Waals surface area contributed by atoms with Crippen LogP contribution in [0.15, 0.2) is 12.2 Å². The van der Waals surface area contributed by atoms with E-state index in [1.165, 1.54) is 4.90 Å². The van der Waals surface area contributed by atoms with Gasteiger partial charge in [-0.05, 0) is 19.3 Å². The van der Waals surface area contributed by atoms with Gasteiger partial charge in [0.15, 0.2) is 0 Å². The van der Waals surface area contributed by atoms with Crippen LogP contribution in [-0.4, -0.2) is 97.8 Å². The van der Waals surface area contributed by atoms with E-state index in [0.717, 1.165) is 19.5 Å². The predicted molar refractivity (Wildman–Crippen MR) is 115 cm³/mol. The molecule has 6 atom stereocenters. The molecule has 0 aromatic rings. The quantitative estimate of drug-likeness (QED) is 0.431. The number of morpholine rings is 1. The number of ether oxygens (including phenoxy) is 1. The van der Waals surface area contributed by atoms with Crippen molar-refractivity contribution in [2.24, 2.45) is 23.7 Å². The van der Waals surface area contributed by atoms with E-state index in [0.29, 0.717) is 26.3 Å². The van der Waals surface area contributed by atoms with Gasteiger partial charge in [-0.15, -0.1) is 0 Å². The number of fused-ring (bicyclic) bond motifs is 1. The molecule has 0 aromatic heterocycles. The molecule has 174 valence electrons. The lowest BCUT2D eigenvalue weighted by Gasteiger charge is -2.34. The van der Waals surface area contributed by atoms with Gasteiger partial charge in [0.25, 0.3) is 0 Å². The summed E-state index contributed by atoms with van der Waals surface area (Å²) in [5, 5.41) is 15.5. The van der Waals surface area contributed by atoms with Gasteiger partial charge in [-0.1, -0.05) is 19.1 Å². The standard InChI is InChI=1S/C22H36N4O5/c1-4-15-5-6-16-18(17(15)20(28)23-3)22(30)26(14(2)13-27)19(16)21(29)24-7-8-25-9-11-31-12-10-25/h5-6,14-19,27H,4,7-13H2,1-3H3,(H,23,28)(H,24,29)/t14-,15-,16+,17-,18-,19+/m1/s1. The second kappa shape index (κ2) is 10.6. The van der Waals surface area contributed by atoms with E-state index >= 15 is 0 Å². The lowest BCUT2D eigenvalue weighted by Crippen LogP contribution is -2.52. The van der Waals surface area contributed by atoms with Gasteiger partial charge in [0.1, 0.15) is 6.04 Å². The number of aliphatic hydroxyl groups excluding tert-OH is 1. The second-order valence-electron chi connectivity index (χ2n) is 8.67. The van der Waals surface area contributed by atoms with Crippen LogP contribution in [0.2, 0.25) is 0 Å². The van der Waals surface area contributed by atoms with Gasteiger partial charge in [0, 0.05) is 39.1 Å². The molecular formula is C22H36N4O5. The molecule has 9 heteroatoms. The summed E-state index contributed by atoms with van der Waals surface area (Å²) in [5.41, 5.74) is 0. The molecule has 9 nitrogen and oxygen atoms in total. The van der Waals surface area contributed by atoms with Gasteiger partial charge in [-0.3, -0.25) is 19.3 Å². The fourth-order valence-corrected chi connectivity index (χ4v) is 5.19. The summed E-state index contributed by atoms with van der Waals surface area (Å²) in [7, 11) is 1.58. The summed E-state index contributed by atoms with van der Waals surface area (Å²) in [6.45, 7) is 7.75. The molecule has 2 heterocycles. The molecule has 0 unspecified atom stereocenters. The van der Waals surface area contributed by atoms with E-state index in [4.69, 9.17) is 4.74 Å². The molecule has 2 saturated heterocycles. The number of hydrogen-bond donors (Lipinski definition) is 3. The summed E-state index contributed by atoms with van der Waals surface area (Å²) in [5.74, 6) is -2.20. The van der Waals surface area contributed by atoms with Crippen LogP contribution in [-0.2, 0) is 19.1 Å². The number of nitrogens with one attached hydrogen (secondary N) is 2. The second-order valence-corrected chi connectivity index (χ2v) is 8.67. The van der Waals surface area contributed by atoms with E-state index in [9.17, 15) is 19.5 Å². The number of amides is 3. The molecule has 2 fully saturated rings. The molecule has 3 N–H and O–H groups in total. The zero-order chi connectivity index (χ0) is 22.5. The molecule has 2 aliphatic heterocycles. The largest absolute Gasteiger partial charge is 0.394 e. The smallest absolute Gasteiger partial charge is 0.243 e. The summed E-state index contributed by atoms with van der Waals surface area (Å²) in [6, 6.07) is -1.24. The van der Waals surface area contributed by atoms with Crippen LogP contribution in [0.4, 0.5) is 0 Å². The Labute approximate surface area is 184 Å². The van der Waals surface area contributed by atoms with Crippen molar-refractivity contribution in [1.82, 2.24) is 20.4 Å². The number of nitrogens with zero attached hydrogens (tertiary/aromatic N) is 2. The highest BCUT2D eigenvalue weighted by Crippen LogP contribution is 2.45. The van der Waals surface area contributed by atoms with Crippen molar-refractivity contribution in [3.63, 3.8) is 0 Å². The highest BCUT2D eigenvalue weighted by atomic mass is 16.5. The maximum atomic E-state index is 13.5. The van der Waals surface area contributed by atoms with Crippen LogP contribution in [0.3, 0.4) is 0 Å². The lowest BCUT2D eigenvalue weighted by molar-refractivity contribution is -0.143. The van der Waals surface area contributed by atoms with Gasteiger partial charge >= 0.3 is 0 Å². The van der Waals surface area contributed by atoms with Crippen LogP contribution in [0.5, 0.6) is 0 Å². The van der Waals surface area contributed by atoms with Crippen LogP contribution in [0.1, 0.15) is 20.3 Å². The Morgan fingerprint density at radius 1 is 1.26 bits per heavy atom. The molecular weight excluding hydrogens is 400 g/mol. The summed E-state index contributed by atoms with van der Waals surface area (Å²) in [6.07, 6.45) is 4.65. The highest BCUT2D eigenvalue weighted by molar-refractivity contribution is 5.97. The topological polar surface area (TPSA) is 111 Å². The van der Waals surface area contributed by atoms with E-state index in [1.54, 1.807) is 14.0 Å². The molecule has 0 spiro atoms. The highest BCUT2D eigenvalue weighted by Gasteiger charge is 2.57. The average Bonchev–Trinajstić information content (AvgIpc) is 3.10. The SMILES string of the molecule is CC[C@@H]1C=C[C@H]2[C@@H](C(=O)N([C@H](C)CO)[C@@H]2C(=O)NCCN2CCOCC2)[C@@H]1C(=O)NC. The van der Waals surface area contributed by atoms with Gasteiger partial charge in [-0.2, -0.15) is 0 Å². The fraction of sp³-hybridized carbons (Fsp3) is 0.773. The molecule has 3 amide bonds. The molecule has 3 aliphatic rings. The van der Waals surface area contributed by atoms with E-state index in [-0.39, 0.29) is 30.2 Å². The third-order valence-electron chi connectivity index (χ3n) is 6.91. The lowest BCUT2D eigenvalue weighted by atomic mass is 9.69. The maximum absolute atomic E-state index is 13.5. The molecule has 1 aliphatic carbocycles. The van der Waals surface area contributed by atoms with Crippen molar-refractivity contribution in [3.05, 3.63) is 12.2 Å². The van der Waals surface area contributed by atoms with Crippen molar-refractivity contribution >= 4 is 17.7 Å². The molecule has 0 aromatic carbocycles. The fourth-order valence-electron chi connectivity index (χ4n) is 5.19. The van der Waals surface area contributed by atoms with Gasteiger partial charge in [0.05, 0.1) is 37.7 Å². The number of carbonyl (C=O) groups excluding carboxylic acids is 3. The van der Waals surface area contributed by atoms with E-state index < -0.39 is 29.8 Å². The molecule has 3 rings (SSSR count). The van der Waals surface area contributed by atoms with Crippen LogP contribution in [0.25, 0.3) is 0 Å². The van der Waals surface area contributed by atoms with Crippen LogP contribution < -0.4 is 10.6 Å². The van der Waals surface area contributed by atoms with E-state index in [1.807, 2.05) is 19.1 Å². The van der Waals surface area contributed by atoms with Crippen molar-refractivity contribution in [2.45, 2.75) is 32.4 Å². The Kier molecular flexibility index (Phi) is 8.07. The summed E-state index contributed by atoms with van der Waals surface area (Å²) >= 11 is 0. The molecule has 0 radical (unpaired) electrons. The van der Waals surface area contributed by atoms with Crippen molar-refractivity contribution in [2.75, 3.05) is 53.0 Å². The zero-order valence-corrected chi connectivity index (χ0v) is 18.8. The van der Waals surface area contributed by atoms with Crippen molar-refractivity contribution in [3.8, 4) is 0 Å². The number of allylic oxidation sites excluding steroid dienone is 1. The number of carbonyl (C=O) groups is 3. The van der Waals surface area contributed by atoms with Crippen LogP contribution >= 0.6 is 0 Å². The molecule has 0 saturated carbocycles. The Balaban J connectivity index is 1.80. The van der Waals surface area contributed by atoms with Crippen LogP contribution in [0, 0.1) is 23.7 Å². The monoisotopic (exact) mass is 436 g/mol. The van der Waals surface area contributed by atoms with E-state index in [2.05, 4.69) is 15.5 Å². The van der Waals surface area contributed by atoms with Gasteiger partial charge in [-0.25, -0.2) is 0 Å². The molecule has 0 bridgehead atoms. The average molecular weight is 437 g/mol. The first kappa shape index (κ1) is 23.7. The normalized spacial score (nSPS) is 31.9. The Morgan fingerprint density at radius 2 is 1.97 bits per heavy atom. The predicted octanol–water partition coefficient (Wildman–Crippen LogP) is -0.783. The number of rotatable bonds is 8. The third-order valence-corrected chi connectivity index (χ3v) is 6.91. The minimum atomic E-state index is -0.731. The minimum Gasteiger partial charge on any atom is -0.394 e. The summed E-state index contributed by atoms with van der Waals surface area (Å²) < 4.78 is 5.35. The Hall–Kier alpha value is -1.97. The number of likely N-dealkylation sites (tertiary alicyclic amines) is 1. The number of aliphatic hydroxyl groups is 1. The Bertz CT molecular complexity index is 693. The molecule has 31 heavy (non-hydrogen) atoms. The number of hydrogen-bond acceptors (Lipinski definition) is 6. The van der Waals surface area contributed by atoms with Gasteiger partial charge < -0.3 is 25.4 Å². The first-order chi connectivity index (χ1) is 14.9. The zero-order valence-electron chi connectivity index (χ0n) is 18.8. The van der Waals surface area contributed by atoms with Crippen molar-refractivity contribution in [1.29, 1.82) is 0 Å².